The Morgan fingerprint density at radius 1 is 1.07 bits per heavy atom. The van der Waals surface area contributed by atoms with Crippen LogP contribution in [0.2, 0.25) is 0 Å². The SMILES string of the molecule is Cc1ccccc1[C@@H](C(=O)N(C)Cc1cc(-c2ccccn2)no1)N(C)C. The largest absolute Gasteiger partial charge is 0.359 e. The first kappa shape index (κ1) is 18.8. The molecule has 3 rings (SSSR count). The summed E-state index contributed by atoms with van der Waals surface area (Å²) in [6.45, 7) is 2.36. The van der Waals surface area contributed by atoms with Gasteiger partial charge in [0.2, 0.25) is 5.91 Å². The van der Waals surface area contributed by atoms with Crippen molar-refractivity contribution >= 4 is 5.91 Å². The molecule has 3 aromatic rings. The van der Waals surface area contributed by atoms with Crippen molar-refractivity contribution in [2.75, 3.05) is 21.1 Å². The maximum Gasteiger partial charge on any atom is 0.244 e. The molecule has 0 N–H and O–H groups in total. The first-order valence-corrected chi connectivity index (χ1v) is 8.81. The Kier molecular flexibility index (Phi) is 5.66. The molecule has 6 heteroatoms. The number of benzene rings is 1. The molecule has 0 radical (unpaired) electrons. The Labute approximate surface area is 159 Å². The zero-order valence-electron chi connectivity index (χ0n) is 16.1. The summed E-state index contributed by atoms with van der Waals surface area (Å²) in [4.78, 5) is 21.0. The highest BCUT2D eigenvalue weighted by Crippen LogP contribution is 2.25. The highest BCUT2D eigenvalue weighted by atomic mass is 16.5. The third-order valence-electron chi connectivity index (χ3n) is 4.49. The summed E-state index contributed by atoms with van der Waals surface area (Å²) < 4.78 is 5.41. The second kappa shape index (κ2) is 8.14. The lowest BCUT2D eigenvalue weighted by molar-refractivity contribution is -0.135. The Morgan fingerprint density at radius 3 is 2.48 bits per heavy atom. The number of amides is 1. The van der Waals surface area contributed by atoms with Crippen LogP contribution in [0.3, 0.4) is 0 Å². The molecule has 1 amide bonds. The van der Waals surface area contributed by atoms with Crippen molar-refractivity contribution in [3.63, 3.8) is 0 Å². The van der Waals surface area contributed by atoms with Gasteiger partial charge in [0, 0.05) is 19.3 Å². The van der Waals surface area contributed by atoms with Crippen LogP contribution in [-0.2, 0) is 11.3 Å². The van der Waals surface area contributed by atoms with Gasteiger partial charge in [-0.2, -0.15) is 0 Å². The molecule has 0 aliphatic carbocycles. The zero-order chi connectivity index (χ0) is 19.4. The van der Waals surface area contributed by atoms with Crippen molar-refractivity contribution in [3.8, 4) is 11.4 Å². The van der Waals surface area contributed by atoms with Crippen LogP contribution in [0, 0.1) is 6.92 Å². The molecule has 0 saturated heterocycles. The lowest BCUT2D eigenvalue weighted by Crippen LogP contribution is -2.38. The predicted molar refractivity (Wildman–Crippen MR) is 104 cm³/mol. The number of aromatic nitrogens is 2. The number of likely N-dealkylation sites (N-methyl/N-ethyl adjacent to an activating group) is 2. The number of hydrogen-bond acceptors (Lipinski definition) is 5. The van der Waals surface area contributed by atoms with Crippen LogP contribution < -0.4 is 0 Å². The third-order valence-corrected chi connectivity index (χ3v) is 4.49. The van der Waals surface area contributed by atoms with Crippen LogP contribution in [0.5, 0.6) is 0 Å². The molecule has 1 aromatic carbocycles. The average Bonchev–Trinajstić information content (AvgIpc) is 3.12. The summed E-state index contributed by atoms with van der Waals surface area (Å²) in [5.41, 5.74) is 3.50. The summed E-state index contributed by atoms with van der Waals surface area (Å²) >= 11 is 0. The van der Waals surface area contributed by atoms with E-state index in [9.17, 15) is 4.79 Å². The maximum atomic E-state index is 13.1. The molecule has 6 nitrogen and oxygen atoms in total. The van der Waals surface area contributed by atoms with Gasteiger partial charge in [-0.3, -0.25) is 14.7 Å². The van der Waals surface area contributed by atoms with E-state index in [1.807, 2.05) is 74.4 Å². The fourth-order valence-electron chi connectivity index (χ4n) is 3.07. The smallest absolute Gasteiger partial charge is 0.244 e. The highest BCUT2D eigenvalue weighted by molar-refractivity contribution is 5.83. The first-order valence-electron chi connectivity index (χ1n) is 8.81. The molecule has 27 heavy (non-hydrogen) atoms. The topological polar surface area (TPSA) is 62.5 Å². The van der Waals surface area contributed by atoms with E-state index in [1.165, 1.54) is 0 Å². The molecular weight excluding hydrogens is 340 g/mol. The summed E-state index contributed by atoms with van der Waals surface area (Å²) in [7, 11) is 5.60. The van der Waals surface area contributed by atoms with E-state index >= 15 is 0 Å². The van der Waals surface area contributed by atoms with E-state index in [1.54, 1.807) is 18.1 Å². The Hall–Kier alpha value is -2.99. The molecule has 2 aromatic heterocycles. The van der Waals surface area contributed by atoms with Gasteiger partial charge in [0.25, 0.3) is 0 Å². The summed E-state index contributed by atoms with van der Waals surface area (Å²) in [5.74, 6) is 0.624. The van der Waals surface area contributed by atoms with Crippen molar-refractivity contribution < 1.29 is 9.32 Å². The monoisotopic (exact) mass is 364 g/mol. The minimum Gasteiger partial charge on any atom is -0.359 e. The van der Waals surface area contributed by atoms with Crippen LogP contribution in [0.1, 0.15) is 22.9 Å². The van der Waals surface area contributed by atoms with Gasteiger partial charge in [-0.25, -0.2) is 0 Å². The van der Waals surface area contributed by atoms with Crippen molar-refractivity contribution in [3.05, 3.63) is 71.6 Å². The van der Waals surface area contributed by atoms with Gasteiger partial charge in [0.05, 0.1) is 12.2 Å². The van der Waals surface area contributed by atoms with Crippen molar-refractivity contribution in [1.29, 1.82) is 0 Å². The van der Waals surface area contributed by atoms with Gasteiger partial charge < -0.3 is 9.42 Å². The van der Waals surface area contributed by atoms with E-state index in [0.29, 0.717) is 18.0 Å². The number of rotatable bonds is 6. The Balaban J connectivity index is 1.77. The van der Waals surface area contributed by atoms with E-state index in [0.717, 1.165) is 16.8 Å². The molecule has 140 valence electrons. The molecule has 2 heterocycles. The minimum absolute atomic E-state index is 0.00471. The molecule has 0 bridgehead atoms. The van der Waals surface area contributed by atoms with Gasteiger partial charge >= 0.3 is 0 Å². The fraction of sp³-hybridized carbons (Fsp3) is 0.286. The van der Waals surface area contributed by atoms with Gasteiger partial charge in [0.1, 0.15) is 11.7 Å². The Bertz CT molecular complexity index is 905. The molecule has 0 saturated carbocycles. The van der Waals surface area contributed by atoms with Crippen molar-refractivity contribution in [2.24, 2.45) is 0 Å². The number of carbonyl (C=O) groups is 1. The third kappa shape index (κ3) is 4.23. The molecule has 0 aliphatic rings. The van der Waals surface area contributed by atoms with Crippen LogP contribution in [0.25, 0.3) is 11.4 Å². The summed E-state index contributed by atoms with van der Waals surface area (Å²) in [5, 5.41) is 4.07. The second-order valence-electron chi connectivity index (χ2n) is 6.81. The highest BCUT2D eigenvalue weighted by Gasteiger charge is 2.27. The van der Waals surface area contributed by atoms with Gasteiger partial charge in [-0.05, 0) is 44.3 Å². The van der Waals surface area contributed by atoms with Crippen molar-refractivity contribution in [1.82, 2.24) is 19.9 Å². The van der Waals surface area contributed by atoms with Gasteiger partial charge in [-0.15, -0.1) is 0 Å². The van der Waals surface area contributed by atoms with Gasteiger partial charge in [-0.1, -0.05) is 35.5 Å². The van der Waals surface area contributed by atoms with E-state index in [4.69, 9.17) is 4.52 Å². The number of pyridine rings is 1. The second-order valence-corrected chi connectivity index (χ2v) is 6.81. The zero-order valence-corrected chi connectivity index (χ0v) is 16.1. The molecule has 0 fully saturated rings. The number of nitrogens with zero attached hydrogens (tertiary/aromatic N) is 4. The number of aryl methyl sites for hydroxylation is 1. The average molecular weight is 364 g/mol. The van der Waals surface area contributed by atoms with E-state index in [2.05, 4.69) is 10.1 Å². The maximum absolute atomic E-state index is 13.1. The fourth-order valence-corrected chi connectivity index (χ4v) is 3.07. The first-order chi connectivity index (χ1) is 13.0. The summed E-state index contributed by atoms with van der Waals surface area (Å²) in [6, 6.07) is 15.1. The lowest BCUT2D eigenvalue weighted by Gasteiger charge is -2.29. The van der Waals surface area contributed by atoms with Crippen LogP contribution in [-0.4, -0.2) is 47.0 Å². The summed E-state index contributed by atoms with van der Waals surface area (Å²) in [6.07, 6.45) is 1.71. The van der Waals surface area contributed by atoms with E-state index in [-0.39, 0.29) is 11.9 Å². The van der Waals surface area contributed by atoms with Crippen molar-refractivity contribution in [2.45, 2.75) is 19.5 Å². The lowest BCUT2D eigenvalue weighted by atomic mass is 9.99. The van der Waals surface area contributed by atoms with Gasteiger partial charge in [0.15, 0.2) is 5.76 Å². The minimum atomic E-state index is -0.352. The van der Waals surface area contributed by atoms with Crippen LogP contribution in [0.4, 0.5) is 0 Å². The van der Waals surface area contributed by atoms with Crippen LogP contribution >= 0.6 is 0 Å². The molecule has 1 atom stereocenters. The standard InChI is InChI=1S/C21H24N4O2/c1-15-9-5-6-10-17(15)20(24(2)3)21(26)25(4)14-16-13-19(23-27-16)18-11-7-8-12-22-18/h5-13,20H,14H2,1-4H3/t20-/m0/s1. The number of hydrogen-bond donors (Lipinski definition) is 0. The predicted octanol–water partition coefficient (Wildman–Crippen LogP) is 3.31. The quantitative estimate of drug-likeness (QED) is 0.671. The normalized spacial score (nSPS) is 12.2. The molecular formula is C21H24N4O2. The Morgan fingerprint density at radius 2 is 1.81 bits per heavy atom. The molecule has 0 unspecified atom stereocenters. The number of carbonyl (C=O) groups excluding carboxylic acids is 1. The molecule has 0 spiro atoms. The van der Waals surface area contributed by atoms with E-state index < -0.39 is 0 Å². The molecule has 0 aliphatic heterocycles. The van der Waals surface area contributed by atoms with Crippen LogP contribution in [0.15, 0.2) is 59.3 Å².